The number of aliphatic hydroxyl groups is 1. The molecule has 0 amide bonds. The van der Waals surface area contributed by atoms with Crippen LogP contribution in [0.25, 0.3) is 28.0 Å². The second kappa shape index (κ2) is 10.6. The fourth-order valence-corrected chi connectivity index (χ4v) is 3.36. The largest absolute Gasteiger partial charge is 0.437 e. The number of nitrogens with zero attached hydrogens (tertiary/aromatic N) is 2. The van der Waals surface area contributed by atoms with Crippen LogP contribution >= 0.6 is 0 Å². The van der Waals surface area contributed by atoms with E-state index in [0.717, 1.165) is 65.9 Å². The number of allylic oxidation sites excluding steroid dienone is 4. The van der Waals surface area contributed by atoms with Crippen molar-refractivity contribution in [1.82, 2.24) is 9.97 Å². The predicted octanol–water partition coefficient (Wildman–Crippen LogP) is 5.83. The van der Waals surface area contributed by atoms with Gasteiger partial charge in [0.15, 0.2) is 0 Å². The van der Waals surface area contributed by atoms with Gasteiger partial charge in [-0.05, 0) is 32.3 Å². The molecule has 5 nitrogen and oxygen atoms in total. The number of benzene rings is 1. The molecule has 0 aliphatic carbocycles. The number of aliphatic hydroxyl groups excluding tert-OH is 1. The Hall–Kier alpha value is -2.92. The molecule has 0 atom stereocenters. The Labute approximate surface area is 172 Å². The smallest absolute Gasteiger partial charge is 0.232 e. The molecule has 3 aromatic rings. The van der Waals surface area contributed by atoms with Crippen LogP contribution < -0.4 is 5.32 Å². The number of aromatic nitrogens is 2. The van der Waals surface area contributed by atoms with Crippen molar-refractivity contribution < 1.29 is 9.52 Å². The van der Waals surface area contributed by atoms with Gasteiger partial charge in [-0.1, -0.05) is 61.4 Å². The van der Waals surface area contributed by atoms with Crippen LogP contribution in [0.4, 0.5) is 5.82 Å². The summed E-state index contributed by atoms with van der Waals surface area (Å²) >= 11 is 0. The van der Waals surface area contributed by atoms with E-state index in [1.807, 2.05) is 49.4 Å². The summed E-state index contributed by atoms with van der Waals surface area (Å²) in [4.78, 5) is 8.89. The average Bonchev–Trinajstić information content (AvgIpc) is 3.15. The Morgan fingerprint density at radius 2 is 1.90 bits per heavy atom. The first-order chi connectivity index (χ1) is 14.3. The number of anilines is 1. The number of hydrogen-bond acceptors (Lipinski definition) is 5. The maximum absolute atomic E-state index is 8.91. The van der Waals surface area contributed by atoms with Crippen molar-refractivity contribution in [1.29, 1.82) is 0 Å². The lowest BCUT2D eigenvalue weighted by Gasteiger charge is -2.08. The monoisotopic (exact) mass is 391 g/mol. The van der Waals surface area contributed by atoms with Gasteiger partial charge < -0.3 is 14.8 Å². The molecule has 0 spiro atoms. The molecule has 0 unspecified atom stereocenters. The predicted molar refractivity (Wildman–Crippen MR) is 120 cm³/mol. The van der Waals surface area contributed by atoms with Gasteiger partial charge in [0.2, 0.25) is 5.71 Å². The van der Waals surface area contributed by atoms with Crippen LogP contribution in [0.1, 0.15) is 45.1 Å². The summed E-state index contributed by atoms with van der Waals surface area (Å²) in [6, 6.07) is 10.1. The summed E-state index contributed by atoms with van der Waals surface area (Å²) < 4.78 is 6.20. The number of fused-ring (bicyclic) bond motifs is 1. The van der Waals surface area contributed by atoms with Crippen LogP contribution in [-0.4, -0.2) is 28.2 Å². The van der Waals surface area contributed by atoms with Gasteiger partial charge in [-0.3, -0.25) is 0 Å². The highest BCUT2D eigenvalue weighted by atomic mass is 16.3. The van der Waals surface area contributed by atoms with Gasteiger partial charge in [-0.2, -0.15) is 0 Å². The number of hydrogen-bond donors (Lipinski definition) is 2. The molecule has 5 heteroatoms. The lowest BCUT2D eigenvalue weighted by molar-refractivity contribution is 0.283. The molecule has 0 saturated carbocycles. The highest BCUT2D eigenvalue weighted by Gasteiger charge is 2.21. The van der Waals surface area contributed by atoms with Gasteiger partial charge in [0.25, 0.3) is 0 Å². The zero-order valence-corrected chi connectivity index (χ0v) is 17.2. The number of unbranched alkanes of at least 4 members (excludes halogenated alkanes) is 3. The van der Waals surface area contributed by atoms with Crippen molar-refractivity contribution in [3.05, 3.63) is 60.5 Å². The topological polar surface area (TPSA) is 71.2 Å². The van der Waals surface area contributed by atoms with Gasteiger partial charge in [-0.25, -0.2) is 9.97 Å². The molecule has 152 valence electrons. The zero-order valence-electron chi connectivity index (χ0n) is 17.2. The fourth-order valence-electron chi connectivity index (χ4n) is 3.36. The van der Waals surface area contributed by atoms with Crippen molar-refractivity contribution in [2.24, 2.45) is 0 Å². The van der Waals surface area contributed by atoms with Gasteiger partial charge >= 0.3 is 0 Å². The van der Waals surface area contributed by atoms with E-state index in [0.29, 0.717) is 5.71 Å². The van der Waals surface area contributed by atoms with E-state index in [-0.39, 0.29) is 6.61 Å². The van der Waals surface area contributed by atoms with E-state index in [1.54, 1.807) is 6.33 Å². The molecule has 2 N–H and O–H groups in total. The molecule has 1 aromatic carbocycles. The van der Waals surface area contributed by atoms with Crippen molar-refractivity contribution in [3.63, 3.8) is 0 Å². The first-order valence-corrected chi connectivity index (χ1v) is 10.2. The molecule has 0 bridgehead atoms. The van der Waals surface area contributed by atoms with Crippen molar-refractivity contribution in [2.75, 3.05) is 18.5 Å². The molecule has 3 rings (SSSR count). The Balaban J connectivity index is 2.00. The van der Waals surface area contributed by atoms with E-state index in [4.69, 9.17) is 9.52 Å². The molecule has 0 fully saturated rings. The van der Waals surface area contributed by atoms with Gasteiger partial charge in [0.1, 0.15) is 17.9 Å². The van der Waals surface area contributed by atoms with Crippen molar-refractivity contribution in [2.45, 2.75) is 39.5 Å². The molecular formula is C24H29N3O2. The van der Waals surface area contributed by atoms with Crippen LogP contribution in [-0.2, 0) is 0 Å². The Morgan fingerprint density at radius 3 is 2.66 bits per heavy atom. The minimum Gasteiger partial charge on any atom is -0.437 e. The fraction of sp³-hybridized carbons (Fsp3) is 0.333. The first kappa shape index (κ1) is 20.8. The number of nitrogens with one attached hydrogen (secondary N) is 1. The second-order valence-electron chi connectivity index (χ2n) is 7.01. The number of rotatable bonds is 10. The standard InChI is InChI=1S/C24H29N3O2/c1-3-4-12-18(2)20-21-23(25-15-10-5-6-11-16-28)26-17-27-24(21)29-22(20)19-13-8-7-9-14-19/h3-4,7-9,12-14,17,28H,5-6,10-11,15-16H2,1-2H3,(H,25,26,27)/b4-3-,18-12+. The van der Waals surface area contributed by atoms with Crippen molar-refractivity contribution >= 4 is 22.5 Å². The molecule has 0 aliphatic heterocycles. The van der Waals surface area contributed by atoms with Crippen LogP contribution in [0.3, 0.4) is 0 Å². The van der Waals surface area contributed by atoms with Gasteiger partial charge in [0, 0.05) is 24.3 Å². The lowest BCUT2D eigenvalue weighted by atomic mass is 10.00. The summed E-state index contributed by atoms with van der Waals surface area (Å²) in [6.45, 7) is 5.17. The maximum atomic E-state index is 8.91. The Bertz CT molecular complexity index is 974. The van der Waals surface area contributed by atoms with E-state index in [9.17, 15) is 0 Å². The van der Waals surface area contributed by atoms with Crippen LogP contribution in [0.5, 0.6) is 0 Å². The number of furan rings is 1. The molecule has 0 saturated heterocycles. The Morgan fingerprint density at radius 1 is 1.10 bits per heavy atom. The lowest BCUT2D eigenvalue weighted by Crippen LogP contribution is -2.04. The minimum absolute atomic E-state index is 0.262. The van der Waals surface area contributed by atoms with E-state index < -0.39 is 0 Å². The zero-order chi connectivity index (χ0) is 20.5. The SMILES string of the molecule is C/C=C\C=C(/C)c1c(-c2ccccc2)oc2ncnc(NCCCCCCO)c12. The molecule has 2 heterocycles. The third kappa shape index (κ3) is 5.12. The highest BCUT2D eigenvalue weighted by molar-refractivity contribution is 6.02. The maximum Gasteiger partial charge on any atom is 0.232 e. The van der Waals surface area contributed by atoms with Gasteiger partial charge in [0.05, 0.1) is 5.39 Å². The van der Waals surface area contributed by atoms with Crippen molar-refractivity contribution in [3.8, 4) is 11.3 Å². The summed E-state index contributed by atoms with van der Waals surface area (Å²) in [5.41, 5.74) is 3.72. The molecular weight excluding hydrogens is 362 g/mol. The minimum atomic E-state index is 0.262. The highest BCUT2D eigenvalue weighted by Crippen LogP contribution is 2.39. The molecule has 2 aromatic heterocycles. The van der Waals surface area contributed by atoms with Crippen LogP contribution in [0.15, 0.2) is 59.3 Å². The third-order valence-corrected chi connectivity index (χ3v) is 4.83. The summed E-state index contributed by atoms with van der Waals surface area (Å²) in [5.74, 6) is 1.61. The Kier molecular flexibility index (Phi) is 7.59. The van der Waals surface area contributed by atoms with Crippen LogP contribution in [0.2, 0.25) is 0 Å². The summed E-state index contributed by atoms with van der Waals surface area (Å²) in [6.07, 6.45) is 11.7. The van der Waals surface area contributed by atoms with E-state index in [2.05, 4.69) is 28.3 Å². The normalized spacial score (nSPS) is 12.2. The van der Waals surface area contributed by atoms with E-state index >= 15 is 0 Å². The summed E-state index contributed by atoms with van der Waals surface area (Å²) in [5, 5.41) is 13.3. The quantitative estimate of drug-likeness (QED) is 0.336. The molecule has 0 aliphatic rings. The first-order valence-electron chi connectivity index (χ1n) is 10.2. The second-order valence-corrected chi connectivity index (χ2v) is 7.01. The van der Waals surface area contributed by atoms with E-state index in [1.165, 1.54) is 0 Å². The van der Waals surface area contributed by atoms with Crippen LogP contribution in [0, 0.1) is 0 Å². The summed E-state index contributed by atoms with van der Waals surface area (Å²) in [7, 11) is 0. The van der Waals surface area contributed by atoms with Gasteiger partial charge in [-0.15, -0.1) is 0 Å². The average molecular weight is 392 g/mol. The third-order valence-electron chi connectivity index (χ3n) is 4.83. The molecule has 0 radical (unpaired) electrons. The molecule has 29 heavy (non-hydrogen) atoms.